The fraction of sp³-hybridized carbons (Fsp3) is 0.455. The number of nitrogen functional groups attached to an aromatic ring is 1. The Morgan fingerprint density at radius 3 is 2.19 bits per heavy atom. The van der Waals surface area contributed by atoms with Gasteiger partial charge in [-0.3, -0.25) is 4.90 Å². The summed E-state index contributed by atoms with van der Waals surface area (Å²) in [5, 5.41) is 0. The summed E-state index contributed by atoms with van der Waals surface area (Å²) in [6.07, 6.45) is 2.44. The Balaban J connectivity index is 1.48. The second kappa shape index (κ2) is 8.00. The van der Waals surface area contributed by atoms with Crippen molar-refractivity contribution < 1.29 is 9.47 Å². The molecule has 1 aliphatic heterocycles. The molecule has 0 atom stereocenters. The molecule has 0 aliphatic carbocycles. The zero-order valence-corrected chi connectivity index (χ0v) is 16.1. The number of nitrogens with two attached hydrogens (primary N) is 1. The Kier molecular flexibility index (Phi) is 5.72. The van der Waals surface area contributed by atoms with Crippen molar-refractivity contribution in [2.24, 2.45) is 0 Å². The van der Waals surface area contributed by atoms with E-state index < -0.39 is 0 Å². The number of rotatable bonds is 5. The number of anilines is 1. The fourth-order valence-electron chi connectivity index (χ4n) is 3.28. The maximum atomic E-state index is 6.15. The first kappa shape index (κ1) is 18.6. The molecule has 0 amide bonds. The molecule has 1 heterocycles. The second-order valence-corrected chi connectivity index (χ2v) is 7.93. The molecule has 1 fully saturated rings. The Morgan fingerprint density at radius 1 is 0.962 bits per heavy atom. The quantitative estimate of drug-likeness (QED) is 0.804. The first-order valence-corrected chi connectivity index (χ1v) is 9.40. The average molecular weight is 354 g/mol. The molecule has 140 valence electrons. The van der Waals surface area contributed by atoms with Gasteiger partial charge in [0.25, 0.3) is 0 Å². The van der Waals surface area contributed by atoms with Crippen LogP contribution in [-0.4, -0.2) is 29.6 Å². The van der Waals surface area contributed by atoms with Crippen molar-refractivity contribution in [3.63, 3.8) is 0 Å². The van der Waals surface area contributed by atoms with Crippen molar-refractivity contribution in [2.75, 3.05) is 18.8 Å². The molecular weight excluding hydrogens is 324 g/mol. The van der Waals surface area contributed by atoms with Crippen LogP contribution in [0.2, 0.25) is 0 Å². The topological polar surface area (TPSA) is 47.7 Å². The molecule has 0 unspecified atom stereocenters. The van der Waals surface area contributed by atoms with Crippen molar-refractivity contribution in [3.05, 3.63) is 54.1 Å². The highest BCUT2D eigenvalue weighted by Crippen LogP contribution is 2.25. The van der Waals surface area contributed by atoms with Crippen molar-refractivity contribution in [1.29, 1.82) is 0 Å². The molecule has 0 saturated carbocycles. The van der Waals surface area contributed by atoms with Gasteiger partial charge >= 0.3 is 0 Å². The lowest BCUT2D eigenvalue weighted by atomic mass is 9.99. The van der Waals surface area contributed by atoms with Gasteiger partial charge in [-0.2, -0.15) is 0 Å². The number of likely N-dealkylation sites (tertiary alicyclic amines) is 1. The summed E-state index contributed by atoms with van der Waals surface area (Å²) >= 11 is 0. The van der Waals surface area contributed by atoms with Gasteiger partial charge in [0, 0.05) is 29.9 Å². The van der Waals surface area contributed by atoms with Crippen molar-refractivity contribution >= 4 is 5.69 Å². The zero-order chi connectivity index (χ0) is 18.6. The summed E-state index contributed by atoms with van der Waals surface area (Å²) in [6, 6.07) is 15.7. The third kappa shape index (κ3) is 4.92. The highest BCUT2D eigenvalue weighted by molar-refractivity contribution is 5.46. The average Bonchev–Trinajstić information content (AvgIpc) is 2.62. The predicted octanol–water partition coefficient (Wildman–Crippen LogP) is 4.49. The molecule has 0 aromatic heterocycles. The standard InChI is InChI=1S/C22H30N2O2/c1-22(2,3)24-14-12-20(13-15-24)26-19-10-8-18(9-11-19)25-16-17-6-4-5-7-21(17)23/h4-11,20H,12-16,23H2,1-3H3. The van der Waals surface area contributed by atoms with Gasteiger partial charge < -0.3 is 15.2 Å². The van der Waals surface area contributed by atoms with Gasteiger partial charge in [0.05, 0.1) is 0 Å². The Hall–Kier alpha value is -2.20. The predicted molar refractivity (Wildman–Crippen MR) is 107 cm³/mol. The highest BCUT2D eigenvalue weighted by Gasteiger charge is 2.27. The van der Waals surface area contributed by atoms with E-state index in [2.05, 4.69) is 25.7 Å². The third-order valence-corrected chi connectivity index (χ3v) is 4.97. The van der Waals surface area contributed by atoms with Gasteiger partial charge in [-0.05, 0) is 63.9 Å². The SMILES string of the molecule is CC(C)(C)N1CCC(Oc2ccc(OCc3ccccc3N)cc2)CC1. The Bertz CT molecular complexity index is 699. The van der Waals surface area contributed by atoms with Crippen LogP contribution in [0, 0.1) is 0 Å². The maximum absolute atomic E-state index is 6.15. The molecule has 26 heavy (non-hydrogen) atoms. The normalized spacial score (nSPS) is 16.4. The maximum Gasteiger partial charge on any atom is 0.120 e. The van der Waals surface area contributed by atoms with E-state index in [0.29, 0.717) is 12.7 Å². The van der Waals surface area contributed by atoms with E-state index in [0.717, 1.165) is 48.7 Å². The van der Waals surface area contributed by atoms with E-state index in [1.54, 1.807) is 0 Å². The molecule has 0 bridgehead atoms. The molecule has 2 aromatic rings. The van der Waals surface area contributed by atoms with Crippen molar-refractivity contribution in [3.8, 4) is 11.5 Å². The monoisotopic (exact) mass is 354 g/mol. The van der Waals surface area contributed by atoms with Crippen LogP contribution in [0.3, 0.4) is 0 Å². The highest BCUT2D eigenvalue weighted by atomic mass is 16.5. The largest absolute Gasteiger partial charge is 0.490 e. The van der Waals surface area contributed by atoms with Gasteiger partial charge in [-0.1, -0.05) is 18.2 Å². The summed E-state index contributed by atoms with van der Waals surface area (Å²) in [5.74, 6) is 1.73. The molecule has 4 nitrogen and oxygen atoms in total. The van der Waals surface area contributed by atoms with Crippen molar-refractivity contribution in [1.82, 2.24) is 4.90 Å². The third-order valence-electron chi connectivity index (χ3n) is 4.97. The van der Waals surface area contributed by atoms with Crippen LogP contribution in [0.5, 0.6) is 11.5 Å². The van der Waals surface area contributed by atoms with E-state index in [1.165, 1.54) is 0 Å². The molecule has 4 heteroatoms. The summed E-state index contributed by atoms with van der Waals surface area (Å²) in [4.78, 5) is 2.53. The van der Waals surface area contributed by atoms with Gasteiger partial charge in [-0.25, -0.2) is 0 Å². The number of nitrogens with zero attached hydrogens (tertiary/aromatic N) is 1. The number of benzene rings is 2. The molecule has 1 saturated heterocycles. The lowest BCUT2D eigenvalue weighted by Crippen LogP contribution is -2.48. The first-order valence-electron chi connectivity index (χ1n) is 9.40. The second-order valence-electron chi connectivity index (χ2n) is 7.93. The molecule has 1 aliphatic rings. The number of piperidine rings is 1. The minimum atomic E-state index is 0.242. The van der Waals surface area contributed by atoms with E-state index in [4.69, 9.17) is 15.2 Å². The van der Waals surface area contributed by atoms with Crippen molar-refractivity contribution in [2.45, 2.75) is 51.9 Å². The van der Waals surface area contributed by atoms with Crippen LogP contribution in [-0.2, 0) is 6.61 Å². The Morgan fingerprint density at radius 2 is 1.58 bits per heavy atom. The van der Waals surface area contributed by atoms with Crippen LogP contribution in [0.15, 0.2) is 48.5 Å². The zero-order valence-electron chi connectivity index (χ0n) is 16.1. The number of ether oxygens (including phenoxy) is 2. The minimum Gasteiger partial charge on any atom is -0.490 e. The number of hydrogen-bond donors (Lipinski definition) is 1. The molecule has 2 N–H and O–H groups in total. The summed E-state index contributed by atoms with van der Waals surface area (Å²) in [6.45, 7) is 9.47. The summed E-state index contributed by atoms with van der Waals surface area (Å²) in [7, 11) is 0. The van der Waals surface area contributed by atoms with Crippen LogP contribution < -0.4 is 15.2 Å². The molecule has 0 radical (unpaired) electrons. The van der Waals surface area contributed by atoms with Gasteiger partial charge in [0.2, 0.25) is 0 Å². The lowest BCUT2D eigenvalue weighted by molar-refractivity contribution is 0.0491. The van der Waals surface area contributed by atoms with Crippen LogP contribution in [0.25, 0.3) is 0 Å². The fourth-order valence-corrected chi connectivity index (χ4v) is 3.28. The van der Waals surface area contributed by atoms with E-state index in [-0.39, 0.29) is 5.54 Å². The van der Waals surface area contributed by atoms with Gasteiger partial charge in [0.15, 0.2) is 0 Å². The van der Waals surface area contributed by atoms with Crippen LogP contribution >= 0.6 is 0 Å². The lowest BCUT2D eigenvalue weighted by Gasteiger charge is -2.40. The van der Waals surface area contributed by atoms with Crippen LogP contribution in [0.1, 0.15) is 39.2 Å². The van der Waals surface area contributed by atoms with E-state index in [1.807, 2.05) is 48.5 Å². The molecule has 3 rings (SSSR count). The summed E-state index contributed by atoms with van der Waals surface area (Å²) in [5.41, 5.74) is 7.95. The first-order chi connectivity index (χ1) is 12.4. The van der Waals surface area contributed by atoms with E-state index >= 15 is 0 Å². The molecule has 0 spiro atoms. The molecular formula is C22H30N2O2. The number of para-hydroxylation sites is 1. The van der Waals surface area contributed by atoms with Gasteiger partial charge in [-0.15, -0.1) is 0 Å². The van der Waals surface area contributed by atoms with E-state index in [9.17, 15) is 0 Å². The molecule has 2 aromatic carbocycles. The Labute approximate surface area is 156 Å². The number of hydrogen-bond acceptors (Lipinski definition) is 4. The van der Waals surface area contributed by atoms with Gasteiger partial charge in [0.1, 0.15) is 24.2 Å². The minimum absolute atomic E-state index is 0.242. The van der Waals surface area contributed by atoms with Crippen LogP contribution in [0.4, 0.5) is 5.69 Å². The smallest absolute Gasteiger partial charge is 0.120 e. The summed E-state index contributed by atoms with van der Waals surface area (Å²) < 4.78 is 12.0.